The summed E-state index contributed by atoms with van der Waals surface area (Å²) >= 11 is 0. The van der Waals surface area contributed by atoms with Crippen LogP contribution in [0.3, 0.4) is 0 Å². The highest BCUT2D eigenvalue weighted by atomic mass is 32.2. The van der Waals surface area contributed by atoms with Crippen molar-refractivity contribution >= 4 is 42.1 Å². The Kier molecular flexibility index (Phi) is 5.51. The predicted molar refractivity (Wildman–Crippen MR) is 127 cm³/mol. The minimum atomic E-state index is -3.88. The van der Waals surface area contributed by atoms with Gasteiger partial charge in [0.15, 0.2) is 5.65 Å². The predicted octanol–water partition coefficient (Wildman–Crippen LogP) is 2.27. The Morgan fingerprint density at radius 3 is 2.56 bits per heavy atom. The molecule has 180 valence electrons. The van der Waals surface area contributed by atoms with Gasteiger partial charge < -0.3 is 9.67 Å². The number of fused-ring (bicyclic) bond motifs is 3. The summed E-state index contributed by atoms with van der Waals surface area (Å²) < 4.78 is 55.9. The van der Waals surface area contributed by atoms with Crippen molar-refractivity contribution in [1.82, 2.24) is 22.8 Å². The number of sulfonamides is 1. The Morgan fingerprint density at radius 1 is 1.15 bits per heavy atom. The summed E-state index contributed by atoms with van der Waals surface area (Å²) in [6, 6.07) is 9.53. The van der Waals surface area contributed by atoms with Gasteiger partial charge in [0.2, 0.25) is 10.0 Å². The molecule has 0 radical (unpaired) electrons. The monoisotopic (exact) mass is 503 g/mol. The Hall–Kier alpha value is -2.80. The summed E-state index contributed by atoms with van der Waals surface area (Å²) in [6.07, 6.45) is 2.60. The highest BCUT2D eigenvalue weighted by Gasteiger charge is 2.34. The van der Waals surface area contributed by atoms with E-state index in [0.29, 0.717) is 35.2 Å². The zero-order valence-corrected chi connectivity index (χ0v) is 20.4. The fraction of sp³-hybridized carbons (Fsp3) is 0.364. The van der Waals surface area contributed by atoms with E-state index in [1.807, 2.05) is 4.57 Å². The molecule has 34 heavy (non-hydrogen) atoms. The van der Waals surface area contributed by atoms with Crippen LogP contribution in [0.15, 0.2) is 53.7 Å². The summed E-state index contributed by atoms with van der Waals surface area (Å²) in [5.74, 6) is 0.408. The van der Waals surface area contributed by atoms with Gasteiger partial charge in [0.25, 0.3) is 10.0 Å². The summed E-state index contributed by atoms with van der Waals surface area (Å²) in [7, 11) is -7.23. The molecule has 1 N–H and O–H groups in total. The molecular formula is C22H25N5O5S2. The second-order valence-corrected chi connectivity index (χ2v) is 12.4. The van der Waals surface area contributed by atoms with Crippen molar-refractivity contribution in [1.29, 1.82) is 0 Å². The number of hydrogen-bond donors (Lipinski definition) is 1. The largest absolute Gasteiger partial charge is 0.385 e. The van der Waals surface area contributed by atoms with E-state index in [2.05, 4.69) is 9.97 Å². The molecule has 1 unspecified atom stereocenters. The molecular weight excluding hydrogens is 478 g/mol. The molecule has 12 heteroatoms. The number of pyridine rings is 1. The van der Waals surface area contributed by atoms with Gasteiger partial charge in [-0.05, 0) is 38.5 Å². The maximum Gasteiger partial charge on any atom is 0.269 e. The van der Waals surface area contributed by atoms with Crippen molar-refractivity contribution in [2.75, 3.05) is 18.8 Å². The van der Waals surface area contributed by atoms with Crippen molar-refractivity contribution in [3.05, 3.63) is 54.6 Å². The first-order valence-electron chi connectivity index (χ1n) is 11.0. The average molecular weight is 504 g/mol. The van der Waals surface area contributed by atoms with Crippen LogP contribution < -0.4 is 0 Å². The first-order valence-corrected chi connectivity index (χ1v) is 14.0. The van der Waals surface area contributed by atoms with E-state index in [0.717, 1.165) is 3.97 Å². The maximum atomic E-state index is 13.3. The lowest BCUT2D eigenvalue weighted by atomic mass is 10.2. The van der Waals surface area contributed by atoms with Crippen LogP contribution in [-0.4, -0.2) is 63.6 Å². The van der Waals surface area contributed by atoms with Gasteiger partial charge >= 0.3 is 0 Å². The summed E-state index contributed by atoms with van der Waals surface area (Å²) in [6.45, 7) is 3.84. The second-order valence-electron chi connectivity index (χ2n) is 8.38. The number of nitrogens with zero attached hydrogens (tertiary/aromatic N) is 5. The number of aliphatic hydroxyl groups is 1. The SMILES string of the molecule is CCS(=O)(=O)N1CCC(n2c([C@@H](C)O)nc3cnc4c(ccn4S(=O)(=O)c4ccccc4)c32)C1. The topological polar surface area (TPSA) is 127 Å². The Morgan fingerprint density at radius 2 is 1.88 bits per heavy atom. The number of aliphatic hydroxyl groups excluding tert-OH is 1. The first kappa shape index (κ1) is 23.0. The third-order valence-corrected chi connectivity index (χ3v) is 9.81. The van der Waals surface area contributed by atoms with Crippen molar-refractivity contribution in [2.45, 2.75) is 37.3 Å². The number of imidazole rings is 1. The van der Waals surface area contributed by atoms with Crippen molar-refractivity contribution < 1.29 is 21.9 Å². The average Bonchev–Trinajstić information content (AvgIpc) is 3.55. The molecule has 5 rings (SSSR count). The molecule has 0 spiro atoms. The molecule has 4 heterocycles. The van der Waals surface area contributed by atoms with E-state index in [1.165, 1.54) is 28.8 Å². The van der Waals surface area contributed by atoms with Gasteiger partial charge in [-0.1, -0.05) is 18.2 Å². The molecule has 0 bridgehead atoms. The maximum absolute atomic E-state index is 13.3. The number of rotatable bonds is 6. The quantitative estimate of drug-likeness (QED) is 0.428. The minimum Gasteiger partial charge on any atom is -0.385 e. The summed E-state index contributed by atoms with van der Waals surface area (Å²) in [4.78, 5) is 9.10. The number of aromatic nitrogens is 4. The van der Waals surface area contributed by atoms with Gasteiger partial charge in [-0.2, -0.15) is 4.31 Å². The molecule has 1 saturated heterocycles. The van der Waals surface area contributed by atoms with Crippen LogP contribution in [0, 0.1) is 0 Å². The molecule has 10 nitrogen and oxygen atoms in total. The Balaban J connectivity index is 1.70. The van der Waals surface area contributed by atoms with E-state index in [4.69, 9.17) is 0 Å². The standard InChI is InChI=1S/C22H25N5O5S2/c1-3-33(29,30)25-11-9-16(14-25)27-20-18-10-12-26(34(31,32)17-7-5-4-6-8-17)22(18)23-13-19(20)24-21(27)15(2)28/h4-8,10,12-13,15-16,28H,3,9,11,14H2,1-2H3/t15-,16?/m1/s1. The molecule has 0 amide bonds. The molecule has 4 aromatic rings. The van der Waals surface area contributed by atoms with Gasteiger partial charge in [0, 0.05) is 24.7 Å². The second kappa shape index (κ2) is 8.15. The highest BCUT2D eigenvalue weighted by molar-refractivity contribution is 7.90. The molecule has 0 aliphatic carbocycles. The molecule has 2 atom stereocenters. The first-order chi connectivity index (χ1) is 16.1. The van der Waals surface area contributed by atoms with Crippen LogP contribution in [-0.2, 0) is 20.0 Å². The summed E-state index contributed by atoms with van der Waals surface area (Å²) in [5.41, 5.74) is 1.38. The summed E-state index contributed by atoms with van der Waals surface area (Å²) in [5, 5.41) is 11.0. The smallest absolute Gasteiger partial charge is 0.269 e. The van der Waals surface area contributed by atoms with Crippen LogP contribution in [0.4, 0.5) is 0 Å². The molecule has 1 aromatic carbocycles. The Labute approximate surface area is 197 Å². The normalized spacial score (nSPS) is 18.7. The van der Waals surface area contributed by atoms with E-state index in [9.17, 15) is 21.9 Å². The van der Waals surface area contributed by atoms with Gasteiger partial charge in [-0.25, -0.2) is 30.8 Å². The Bertz CT molecular complexity index is 1590. The zero-order valence-electron chi connectivity index (χ0n) is 18.7. The van der Waals surface area contributed by atoms with E-state index < -0.39 is 26.2 Å². The number of hydrogen-bond acceptors (Lipinski definition) is 7. The van der Waals surface area contributed by atoms with E-state index in [-0.39, 0.29) is 28.9 Å². The van der Waals surface area contributed by atoms with Gasteiger partial charge in [-0.3, -0.25) is 0 Å². The molecule has 1 aliphatic rings. The van der Waals surface area contributed by atoms with Crippen LogP contribution in [0.5, 0.6) is 0 Å². The van der Waals surface area contributed by atoms with Crippen molar-refractivity contribution in [3.8, 4) is 0 Å². The van der Waals surface area contributed by atoms with Crippen molar-refractivity contribution in [3.63, 3.8) is 0 Å². The lowest BCUT2D eigenvalue weighted by Crippen LogP contribution is -2.30. The minimum absolute atomic E-state index is 0.0159. The molecule has 1 fully saturated rings. The third kappa shape index (κ3) is 3.52. The zero-order chi connectivity index (χ0) is 24.3. The van der Waals surface area contributed by atoms with Gasteiger partial charge in [0.05, 0.1) is 28.4 Å². The molecule has 0 saturated carbocycles. The fourth-order valence-electron chi connectivity index (χ4n) is 4.59. The van der Waals surface area contributed by atoms with Crippen LogP contribution in [0.2, 0.25) is 0 Å². The van der Waals surface area contributed by atoms with Crippen LogP contribution >= 0.6 is 0 Å². The van der Waals surface area contributed by atoms with E-state index >= 15 is 0 Å². The van der Waals surface area contributed by atoms with Crippen LogP contribution in [0.1, 0.15) is 38.2 Å². The molecule has 1 aliphatic heterocycles. The van der Waals surface area contributed by atoms with E-state index in [1.54, 1.807) is 38.1 Å². The van der Waals surface area contributed by atoms with Gasteiger partial charge in [-0.15, -0.1) is 0 Å². The fourth-order valence-corrected chi connectivity index (χ4v) is 7.06. The lowest BCUT2D eigenvalue weighted by Gasteiger charge is -2.19. The lowest BCUT2D eigenvalue weighted by molar-refractivity contribution is 0.182. The van der Waals surface area contributed by atoms with Gasteiger partial charge in [0.1, 0.15) is 17.4 Å². The highest BCUT2D eigenvalue weighted by Crippen LogP contribution is 2.35. The number of benzene rings is 1. The van der Waals surface area contributed by atoms with Crippen molar-refractivity contribution in [2.24, 2.45) is 0 Å². The third-order valence-electron chi connectivity index (χ3n) is 6.28. The molecule has 3 aromatic heterocycles. The van der Waals surface area contributed by atoms with Crippen LogP contribution in [0.25, 0.3) is 22.1 Å².